The van der Waals surface area contributed by atoms with Crippen LogP contribution in [0.1, 0.15) is 16.0 Å². The summed E-state index contributed by atoms with van der Waals surface area (Å²) in [7, 11) is 0. The summed E-state index contributed by atoms with van der Waals surface area (Å²) in [5, 5.41) is 1.25. The van der Waals surface area contributed by atoms with Gasteiger partial charge in [0.2, 0.25) is 0 Å². The molecule has 3 rings (SSSR count). The Bertz CT molecular complexity index is 733. The second kappa shape index (κ2) is 5.65. The third-order valence-corrected chi connectivity index (χ3v) is 4.47. The van der Waals surface area contributed by atoms with Crippen molar-refractivity contribution < 1.29 is 4.74 Å². The predicted molar refractivity (Wildman–Crippen MR) is 85.2 cm³/mol. The first kappa shape index (κ1) is 13.2. The van der Waals surface area contributed by atoms with Crippen molar-refractivity contribution in [2.24, 2.45) is 5.73 Å². The molecule has 0 bridgehead atoms. The highest BCUT2D eigenvalue weighted by Gasteiger charge is 2.06. The van der Waals surface area contributed by atoms with Gasteiger partial charge in [0.25, 0.3) is 0 Å². The van der Waals surface area contributed by atoms with E-state index in [2.05, 4.69) is 43.3 Å². The molecule has 3 aromatic rings. The fraction of sp³-hybridized carbons (Fsp3) is 0.176. The maximum Gasteiger partial charge on any atom is 0.122 e. The Morgan fingerprint density at radius 1 is 1.10 bits per heavy atom. The Labute approximate surface area is 122 Å². The lowest BCUT2D eigenvalue weighted by molar-refractivity contribution is 0.309. The van der Waals surface area contributed by atoms with Gasteiger partial charge in [0.1, 0.15) is 12.4 Å². The summed E-state index contributed by atoms with van der Waals surface area (Å²) in [5.74, 6) is 0.918. The van der Waals surface area contributed by atoms with Crippen molar-refractivity contribution >= 4 is 21.4 Å². The smallest absolute Gasteiger partial charge is 0.122 e. The molecule has 1 aromatic heterocycles. The predicted octanol–water partition coefficient (Wildman–Crippen LogP) is 4.25. The van der Waals surface area contributed by atoms with Crippen molar-refractivity contribution in [2.75, 3.05) is 0 Å². The van der Waals surface area contributed by atoms with Crippen molar-refractivity contribution in [3.05, 3.63) is 64.5 Å². The van der Waals surface area contributed by atoms with Gasteiger partial charge in [0.15, 0.2) is 0 Å². The van der Waals surface area contributed by atoms with Crippen LogP contribution in [0.4, 0.5) is 0 Å². The van der Waals surface area contributed by atoms with Gasteiger partial charge in [0.05, 0.1) is 0 Å². The summed E-state index contributed by atoms with van der Waals surface area (Å²) in [5.41, 5.74) is 8.20. The van der Waals surface area contributed by atoms with Crippen molar-refractivity contribution in [3.8, 4) is 5.75 Å². The molecule has 0 saturated heterocycles. The van der Waals surface area contributed by atoms with Gasteiger partial charge in [-0.25, -0.2) is 0 Å². The molecule has 0 aliphatic carbocycles. The van der Waals surface area contributed by atoms with E-state index in [0.717, 1.165) is 5.75 Å². The van der Waals surface area contributed by atoms with Gasteiger partial charge >= 0.3 is 0 Å². The van der Waals surface area contributed by atoms with Gasteiger partial charge in [-0.2, -0.15) is 0 Å². The molecule has 0 radical (unpaired) electrons. The second-order valence-corrected chi connectivity index (χ2v) is 5.99. The molecule has 0 aliphatic heterocycles. The van der Waals surface area contributed by atoms with Crippen LogP contribution >= 0.6 is 11.3 Å². The average molecular weight is 283 g/mol. The molecule has 0 aliphatic rings. The van der Waals surface area contributed by atoms with Crippen molar-refractivity contribution in [1.82, 2.24) is 0 Å². The van der Waals surface area contributed by atoms with E-state index in [0.29, 0.717) is 13.2 Å². The van der Waals surface area contributed by atoms with E-state index in [9.17, 15) is 0 Å². The summed E-state index contributed by atoms with van der Waals surface area (Å²) in [6, 6.07) is 16.6. The summed E-state index contributed by atoms with van der Waals surface area (Å²) >= 11 is 1.77. The lowest BCUT2D eigenvalue weighted by Crippen LogP contribution is -1.95. The molecule has 0 unspecified atom stereocenters. The van der Waals surface area contributed by atoms with Crippen molar-refractivity contribution in [1.29, 1.82) is 0 Å². The van der Waals surface area contributed by atoms with E-state index in [1.165, 1.54) is 26.1 Å². The van der Waals surface area contributed by atoms with Crippen LogP contribution in [0.25, 0.3) is 10.1 Å². The minimum Gasteiger partial charge on any atom is -0.488 e. The van der Waals surface area contributed by atoms with E-state index < -0.39 is 0 Å². The molecule has 0 fully saturated rings. The SMILES string of the molecule is Cc1cccc(OCc2cc3cccc(CN)c3s2)c1. The highest BCUT2D eigenvalue weighted by molar-refractivity contribution is 7.19. The highest BCUT2D eigenvalue weighted by atomic mass is 32.1. The number of rotatable bonds is 4. The van der Waals surface area contributed by atoms with Gasteiger partial charge in [-0.1, -0.05) is 30.3 Å². The van der Waals surface area contributed by atoms with E-state index in [-0.39, 0.29) is 0 Å². The van der Waals surface area contributed by atoms with Crippen LogP contribution in [0.2, 0.25) is 0 Å². The lowest BCUT2D eigenvalue weighted by Gasteiger charge is -2.04. The molecule has 1 heterocycles. The Morgan fingerprint density at radius 3 is 2.75 bits per heavy atom. The zero-order valence-corrected chi connectivity index (χ0v) is 12.2. The topological polar surface area (TPSA) is 35.2 Å². The summed E-state index contributed by atoms with van der Waals surface area (Å²) in [4.78, 5) is 1.22. The number of benzene rings is 2. The second-order valence-electron chi connectivity index (χ2n) is 4.86. The number of ether oxygens (including phenoxy) is 1. The standard InChI is InChI=1S/C17H17NOS/c1-12-4-2-7-15(8-12)19-11-16-9-13-5-3-6-14(10-18)17(13)20-16/h2-9H,10-11,18H2,1H3. The normalized spacial score (nSPS) is 10.9. The van der Waals surface area contributed by atoms with E-state index in [4.69, 9.17) is 10.5 Å². The molecule has 3 heteroatoms. The monoisotopic (exact) mass is 283 g/mol. The fourth-order valence-corrected chi connectivity index (χ4v) is 3.36. The molecular weight excluding hydrogens is 266 g/mol. The first-order valence-corrected chi connectivity index (χ1v) is 7.48. The minimum atomic E-state index is 0.579. The van der Waals surface area contributed by atoms with Crippen LogP contribution in [0.15, 0.2) is 48.5 Å². The Kier molecular flexibility index (Phi) is 3.72. The van der Waals surface area contributed by atoms with Gasteiger partial charge in [-0.05, 0) is 41.6 Å². The molecule has 2 N–H and O–H groups in total. The average Bonchev–Trinajstić information content (AvgIpc) is 2.88. The third kappa shape index (κ3) is 2.69. The van der Waals surface area contributed by atoms with Crippen LogP contribution in [0.3, 0.4) is 0 Å². The first-order valence-electron chi connectivity index (χ1n) is 6.66. The molecule has 0 atom stereocenters. The third-order valence-electron chi connectivity index (χ3n) is 3.27. The van der Waals surface area contributed by atoms with Crippen molar-refractivity contribution in [2.45, 2.75) is 20.1 Å². The molecule has 2 aromatic carbocycles. The number of aryl methyl sites for hydroxylation is 1. The summed E-state index contributed by atoms with van der Waals surface area (Å²) < 4.78 is 7.13. The van der Waals surface area contributed by atoms with E-state index in [1.807, 2.05) is 12.1 Å². The van der Waals surface area contributed by atoms with Crippen LogP contribution in [-0.4, -0.2) is 0 Å². The molecular formula is C17H17NOS. The fourth-order valence-electron chi connectivity index (χ4n) is 2.27. The van der Waals surface area contributed by atoms with Gasteiger partial charge in [0, 0.05) is 16.1 Å². The quantitative estimate of drug-likeness (QED) is 0.777. The summed E-state index contributed by atoms with van der Waals surface area (Å²) in [6.07, 6.45) is 0. The van der Waals surface area contributed by atoms with E-state index in [1.54, 1.807) is 11.3 Å². The van der Waals surface area contributed by atoms with Crippen LogP contribution in [0.5, 0.6) is 5.75 Å². The highest BCUT2D eigenvalue weighted by Crippen LogP contribution is 2.29. The first-order chi connectivity index (χ1) is 9.76. The molecule has 0 amide bonds. The van der Waals surface area contributed by atoms with Gasteiger partial charge < -0.3 is 10.5 Å². The molecule has 102 valence electrons. The van der Waals surface area contributed by atoms with Gasteiger partial charge in [-0.15, -0.1) is 11.3 Å². The number of hydrogen-bond acceptors (Lipinski definition) is 3. The van der Waals surface area contributed by atoms with Crippen LogP contribution < -0.4 is 10.5 Å². The van der Waals surface area contributed by atoms with Crippen LogP contribution in [0, 0.1) is 6.92 Å². The maximum atomic E-state index is 5.86. The molecule has 2 nitrogen and oxygen atoms in total. The molecule has 20 heavy (non-hydrogen) atoms. The Balaban J connectivity index is 1.81. The summed E-state index contributed by atoms with van der Waals surface area (Å²) in [6.45, 7) is 3.25. The molecule has 0 spiro atoms. The maximum absolute atomic E-state index is 5.86. The number of fused-ring (bicyclic) bond motifs is 1. The Morgan fingerprint density at radius 2 is 1.95 bits per heavy atom. The van der Waals surface area contributed by atoms with Gasteiger partial charge in [-0.3, -0.25) is 0 Å². The molecule has 0 saturated carbocycles. The minimum absolute atomic E-state index is 0.579. The number of thiophene rings is 1. The number of nitrogens with two attached hydrogens (primary N) is 1. The van der Waals surface area contributed by atoms with Crippen LogP contribution in [-0.2, 0) is 13.2 Å². The lowest BCUT2D eigenvalue weighted by atomic mass is 10.1. The Hall–Kier alpha value is -1.84. The van der Waals surface area contributed by atoms with E-state index >= 15 is 0 Å². The zero-order chi connectivity index (χ0) is 13.9. The number of hydrogen-bond donors (Lipinski definition) is 1. The zero-order valence-electron chi connectivity index (χ0n) is 11.4. The van der Waals surface area contributed by atoms with Crippen molar-refractivity contribution in [3.63, 3.8) is 0 Å². The largest absolute Gasteiger partial charge is 0.488 e.